The van der Waals surface area contributed by atoms with Crippen LogP contribution in [0.15, 0.2) is 0 Å². The molecule has 0 radical (unpaired) electrons. The minimum Gasteiger partial charge on any atom is -0.316 e. The van der Waals surface area contributed by atoms with Crippen LogP contribution in [0.3, 0.4) is 0 Å². The van der Waals surface area contributed by atoms with Crippen LogP contribution in [0.4, 0.5) is 8.78 Å². The monoisotopic (exact) mass is 185 g/mol. The van der Waals surface area contributed by atoms with Gasteiger partial charge in [-0.25, -0.2) is 8.78 Å². The zero-order valence-corrected chi connectivity index (χ0v) is 7.55. The number of hydrogen-bond donors (Lipinski definition) is 1. The Hall–Kier alpha value is 0.110. The van der Waals surface area contributed by atoms with Crippen molar-refractivity contribution in [2.24, 2.45) is 11.8 Å². The maximum absolute atomic E-state index is 13.0. The zero-order chi connectivity index (χ0) is 7.78. The highest BCUT2D eigenvalue weighted by molar-refractivity contribution is 5.85. The quantitative estimate of drug-likeness (QED) is 0.608. The summed E-state index contributed by atoms with van der Waals surface area (Å²) in [6.45, 7) is 4.06. The van der Waals surface area contributed by atoms with E-state index >= 15 is 0 Å². The number of alkyl halides is 2. The molecule has 0 amide bonds. The maximum Gasteiger partial charge on any atom is 0.255 e. The van der Waals surface area contributed by atoms with Crippen LogP contribution >= 0.6 is 12.4 Å². The van der Waals surface area contributed by atoms with Crippen LogP contribution in [0.25, 0.3) is 0 Å². The van der Waals surface area contributed by atoms with Crippen molar-refractivity contribution >= 4 is 12.4 Å². The first-order valence-corrected chi connectivity index (χ1v) is 3.63. The van der Waals surface area contributed by atoms with Crippen molar-refractivity contribution in [2.75, 3.05) is 13.1 Å². The first-order chi connectivity index (χ1) is 4.55. The van der Waals surface area contributed by atoms with Crippen molar-refractivity contribution in [1.29, 1.82) is 0 Å². The second-order valence-corrected chi connectivity index (χ2v) is 3.13. The van der Waals surface area contributed by atoms with E-state index in [-0.39, 0.29) is 12.4 Å². The summed E-state index contributed by atoms with van der Waals surface area (Å²) in [7, 11) is 0. The summed E-state index contributed by atoms with van der Waals surface area (Å²) in [5, 5.41) is 2.96. The SMILES string of the molecule is CC1CNCC(C)C1(F)F.Cl. The molecule has 11 heavy (non-hydrogen) atoms. The molecule has 0 aliphatic carbocycles. The summed E-state index contributed by atoms with van der Waals surface area (Å²) in [5.41, 5.74) is 0. The number of piperidine rings is 1. The summed E-state index contributed by atoms with van der Waals surface area (Å²) in [5.74, 6) is -3.50. The summed E-state index contributed by atoms with van der Waals surface area (Å²) in [6, 6.07) is 0. The lowest BCUT2D eigenvalue weighted by molar-refractivity contribution is -0.111. The summed E-state index contributed by atoms with van der Waals surface area (Å²) in [6.07, 6.45) is 0. The zero-order valence-electron chi connectivity index (χ0n) is 6.73. The Balaban J connectivity index is 0.000001000. The van der Waals surface area contributed by atoms with Gasteiger partial charge in [0.1, 0.15) is 0 Å². The van der Waals surface area contributed by atoms with Gasteiger partial charge in [0.05, 0.1) is 0 Å². The smallest absolute Gasteiger partial charge is 0.255 e. The summed E-state index contributed by atoms with van der Waals surface area (Å²) in [4.78, 5) is 0. The predicted octanol–water partition coefficient (Wildman–Crippen LogP) is 1.92. The highest BCUT2D eigenvalue weighted by Gasteiger charge is 2.44. The molecule has 0 aromatic rings. The lowest BCUT2D eigenvalue weighted by Gasteiger charge is -2.34. The van der Waals surface area contributed by atoms with Gasteiger partial charge in [-0.1, -0.05) is 13.8 Å². The molecule has 0 spiro atoms. The van der Waals surface area contributed by atoms with Crippen LogP contribution < -0.4 is 5.32 Å². The third-order valence-electron chi connectivity index (χ3n) is 2.22. The summed E-state index contributed by atoms with van der Waals surface area (Å²) >= 11 is 0. The molecule has 0 bridgehead atoms. The van der Waals surface area contributed by atoms with Gasteiger partial charge in [-0.15, -0.1) is 12.4 Å². The molecule has 0 aromatic heterocycles. The first-order valence-electron chi connectivity index (χ1n) is 3.63. The molecule has 0 aromatic carbocycles. The van der Waals surface area contributed by atoms with Crippen LogP contribution in [0.5, 0.6) is 0 Å². The van der Waals surface area contributed by atoms with Crippen molar-refractivity contribution < 1.29 is 8.78 Å². The Morgan fingerprint density at radius 3 is 1.82 bits per heavy atom. The average Bonchev–Trinajstić information content (AvgIpc) is 1.84. The van der Waals surface area contributed by atoms with Gasteiger partial charge in [-0.05, 0) is 0 Å². The fourth-order valence-corrected chi connectivity index (χ4v) is 1.27. The molecule has 1 nitrogen and oxygen atoms in total. The molecule has 1 heterocycles. The molecular formula is C7H14ClF2N. The molecule has 4 heteroatoms. The fourth-order valence-electron chi connectivity index (χ4n) is 1.27. The van der Waals surface area contributed by atoms with Gasteiger partial charge in [0.15, 0.2) is 0 Å². The normalized spacial score (nSPS) is 36.0. The number of rotatable bonds is 0. The van der Waals surface area contributed by atoms with E-state index in [1.165, 1.54) is 0 Å². The van der Waals surface area contributed by atoms with Crippen LogP contribution in [0.2, 0.25) is 0 Å². The molecule has 1 aliphatic rings. The molecule has 1 N–H and O–H groups in total. The van der Waals surface area contributed by atoms with E-state index in [9.17, 15) is 8.78 Å². The molecule has 68 valence electrons. The first kappa shape index (κ1) is 11.1. The predicted molar refractivity (Wildman–Crippen MR) is 43.4 cm³/mol. The third kappa shape index (κ3) is 2.03. The summed E-state index contributed by atoms with van der Waals surface area (Å²) < 4.78 is 25.9. The Bertz CT molecular complexity index is 118. The standard InChI is InChI=1S/C7H13F2N.ClH/c1-5-3-10-4-6(2)7(5,8)9;/h5-6,10H,3-4H2,1-2H3;1H. The Morgan fingerprint density at radius 1 is 1.18 bits per heavy atom. The van der Waals surface area contributed by atoms with Crippen LogP contribution in [0.1, 0.15) is 13.8 Å². The topological polar surface area (TPSA) is 12.0 Å². The van der Waals surface area contributed by atoms with Crippen molar-refractivity contribution in [3.05, 3.63) is 0 Å². The molecule has 2 unspecified atom stereocenters. The van der Waals surface area contributed by atoms with E-state index in [1.54, 1.807) is 13.8 Å². The Kier molecular flexibility index (Phi) is 3.71. The third-order valence-corrected chi connectivity index (χ3v) is 2.22. The fraction of sp³-hybridized carbons (Fsp3) is 1.00. The van der Waals surface area contributed by atoms with Crippen molar-refractivity contribution in [2.45, 2.75) is 19.8 Å². The molecule has 1 saturated heterocycles. The van der Waals surface area contributed by atoms with Gasteiger partial charge in [0, 0.05) is 24.9 Å². The highest BCUT2D eigenvalue weighted by Crippen LogP contribution is 2.34. The Morgan fingerprint density at radius 2 is 1.55 bits per heavy atom. The van der Waals surface area contributed by atoms with E-state index < -0.39 is 17.8 Å². The molecular weight excluding hydrogens is 172 g/mol. The van der Waals surface area contributed by atoms with E-state index in [2.05, 4.69) is 5.32 Å². The van der Waals surface area contributed by atoms with E-state index in [1.807, 2.05) is 0 Å². The van der Waals surface area contributed by atoms with Crippen molar-refractivity contribution in [1.82, 2.24) is 5.32 Å². The van der Waals surface area contributed by atoms with Gasteiger partial charge in [-0.3, -0.25) is 0 Å². The van der Waals surface area contributed by atoms with E-state index in [4.69, 9.17) is 0 Å². The van der Waals surface area contributed by atoms with Gasteiger partial charge in [0.25, 0.3) is 5.92 Å². The van der Waals surface area contributed by atoms with Gasteiger partial charge >= 0.3 is 0 Å². The van der Waals surface area contributed by atoms with Crippen molar-refractivity contribution in [3.63, 3.8) is 0 Å². The van der Waals surface area contributed by atoms with Crippen LogP contribution in [-0.4, -0.2) is 19.0 Å². The number of nitrogens with one attached hydrogen (secondary N) is 1. The van der Waals surface area contributed by atoms with E-state index in [0.717, 1.165) is 0 Å². The molecule has 1 aliphatic heterocycles. The maximum atomic E-state index is 13.0. The van der Waals surface area contributed by atoms with Gasteiger partial charge in [0.2, 0.25) is 0 Å². The Labute approximate surface area is 72.0 Å². The molecule has 2 atom stereocenters. The number of hydrogen-bond acceptors (Lipinski definition) is 1. The highest BCUT2D eigenvalue weighted by atomic mass is 35.5. The average molecular weight is 186 g/mol. The van der Waals surface area contributed by atoms with E-state index in [0.29, 0.717) is 13.1 Å². The molecule has 1 fully saturated rings. The van der Waals surface area contributed by atoms with Gasteiger partial charge in [-0.2, -0.15) is 0 Å². The minimum atomic E-state index is -2.47. The number of halogens is 3. The second-order valence-electron chi connectivity index (χ2n) is 3.13. The second kappa shape index (κ2) is 3.68. The molecule has 1 rings (SSSR count). The largest absolute Gasteiger partial charge is 0.316 e. The van der Waals surface area contributed by atoms with Crippen LogP contribution in [-0.2, 0) is 0 Å². The molecule has 0 saturated carbocycles. The van der Waals surface area contributed by atoms with Crippen molar-refractivity contribution in [3.8, 4) is 0 Å². The van der Waals surface area contributed by atoms with Gasteiger partial charge < -0.3 is 5.32 Å². The minimum absolute atomic E-state index is 0. The lowest BCUT2D eigenvalue weighted by atomic mass is 9.89. The van der Waals surface area contributed by atoms with Crippen LogP contribution in [0, 0.1) is 11.8 Å². The lowest BCUT2D eigenvalue weighted by Crippen LogP contribution is -2.49.